The first-order valence-electron chi connectivity index (χ1n) is 6.13. The molecule has 0 radical (unpaired) electrons. The number of anilines is 2. The molecule has 0 amide bonds. The van der Waals surface area contributed by atoms with Crippen LogP contribution in [-0.4, -0.2) is 26.9 Å². The summed E-state index contributed by atoms with van der Waals surface area (Å²) in [4.78, 5) is 0. The molecule has 0 aromatic heterocycles. The first-order chi connectivity index (χ1) is 8.69. The largest absolute Gasteiger partial charge is 0.494 e. The van der Waals surface area contributed by atoms with Gasteiger partial charge in [0.2, 0.25) is 0 Å². The molecule has 4 nitrogen and oxygen atoms in total. The van der Waals surface area contributed by atoms with Crippen molar-refractivity contribution in [3.63, 3.8) is 0 Å². The Morgan fingerprint density at radius 2 is 2.11 bits per heavy atom. The van der Waals surface area contributed by atoms with Gasteiger partial charge in [-0.25, -0.2) is 4.39 Å². The van der Waals surface area contributed by atoms with E-state index in [1.807, 2.05) is 0 Å². The molecule has 0 aliphatic heterocycles. The van der Waals surface area contributed by atoms with E-state index < -0.39 is 5.82 Å². The van der Waals surface area contributed by atoms with Gasteiger partial charge in [0, 0.05) is 25.3 Å². The third kappa shape index (κ3) is 4.41. The van der Waals surface area contributed by atoms with Crippen LogP contribution < -0.4 is 15.8 Å². The number of halogens is 1. The van der Waals surface area contributed by atoms with Crippen LogP contribution in [0.4, 0.5) is 15.8 Å². The topological polar surface area (TPSA) is 56.5 Å². The molecule has 0 fully saturated rings. The Morgan fingerprint density at radius 3 is 2.78 bits per heavy atom. The molecular formula is C13H21FN2O2. The highest BCUT2D eigenvalue weighted by Gasteiger charge is 2.07. The van der Waals surface area contributed by atoms with Gasteiger partial charge in [-0.1, -0.05) is 13.3 Å². The Hall–Kier alpha value is -1.49. The summed E-state index contributed by atoms with van der Waals surface area (Å²) in [5, 5.41) is 3.10. The normalized spacial score (nSPS) is 10.4. The first-order valence-corrected chi connectivity index (χ1v) is 6.13. The summed E-state index contributed by atoms with van der Waals surface area (Å²) in [5.74, 6) is -0.279. The number of nitrogen functional groups attached to an aromatic ring is 1. The summed E-state index contributed by atoms with van der Waals surface area (Å²) in [6, 6.07) is 2.80. The van der Waals surface area contributed by atoms with Crippen molar-refractivity contribution in [2.45, 2.75) is 19.8 Å². The molecule has 5 heteroatoms. The molecule has 0 unspecified atom stereocenters. The molecule has 1 aromatic carbocycles. The van der Waals surface area contributed by atoms with E-state index in [4.69, 9.17) is 15.2 Å². The predicted molar refractivity (Wildman–Crippen MR) is 71.6 cm³/mol. The van der Waals surface area contributed by atoms with Crippen LogP contribution in [-0.2, 0) is 4.74 Å². The fourth-order valence-corrected chi connectivity index (χ4v) is 1.48. The molecule has 1 rings (SSSR count). The summed E-state index contributed by atoms with van der Waals surface area (Å²) in [7, 11) is 1.42. The van der Waals surface area contributed by atoms with Crippen LogP contribution in [0.2, 0.25) is 0 Å². The number of benzene rings is 1. The van der Waals surface area contributed by atoms with Crippen LogP contribution in [0.3, 0.4) is 0 Å². The molecule has 3 N–H and O–H groups in total. The second-order valence-corrected chi connectivity index (χ2v) is 3.97. The van der Waals surface area contributed by atoms with Gasteiger partial charge in [0.15, 0.2) is 11.6 Å². The highest BCUT2D eigenvalue weighted by Crippen LogP contribution is 2.27. The minimum Gasteiger partial charge on any atom is -0.494 e. The highest BCUT2D eigenvalue weighted by atomic mass is 19.1. The molecule has 0 saturated heterocycles. The van der Waals surface area contributed by atoms with E-state index in [1.165, 1.54) is 13.2 Å². The lowest BCUT2D eigenvalue weighted by Gasteiger charge is -2.12. The van der Waals surface area contributed by atoms with Crippen molar-refractivity contribution in [2.75, 3.05) is 37.9 Å². The third-order valence-corrected chi connectivity index (χ3v) is 2.53. The second-order valence-electron chi connectivity index (χ2n) is 3.97. The molecule has 0 heterocycles. The van der Waals surface area contributed by atoms with Crippen LogP contribution >= 0.6 is 0 Å². The van der Waals surface area contributed by atoms with Crippen molar-refractivity contribution < 1.29 is 13.9 Å². The number of unbranched alkanes of at least 4 members (excludes halogenated alkanes) is 1. The Balaban J connectivity index is 2.42. The summed E-state index contributed by atoms with van der Waals surface area (Å²) in [5.41, 5.74) is 6.73. The molecule has 0 aliphatic carbocycles. The number of rotatable bonds is 8. The zero-order valence-corrected chi connectivity index (χ0v) is 11.0. The van der Waals surface area contributed by atoms with E-state index in [9.17, 15) is 4.39 Å². The van der Waals surface area contributed by atoms with Crippen molar-refractivity contribution in [3.8, 4) is 5.75 Å². The lowest BCUT2D eigenvalue weighted by molar-refractivity contribution is 0.141. The molecular weight excluding hydrogens is 235 g/mol. The molecule has 1 aromatic rings. The lowest BCUT2D eigenvalue weighted by Crippen LogP contribution is -2.11. The van der Waals surface area contributed by atoms with E-state index in [0.29, 0.717) is 24.5 Å². The van der Waals surface area contributed by atoms with Crippen molar-refractivity contribution in [1.29, 1.82) is 0 Å². The van der Waals surface area contributed by atoms with E-state index in [1.54, 1.807) is 6.07 Å². The summed E-state index contributed by atoms with van der Waals surface area (Å²) >= 11 is 0. The van der Waals surface area contributed by atoms with Crippen LogP contribution in [0.5, 0.6) is 5.75 Å². The number of nitrogens with one attached hydrogen (secondary N) is 1. The summed E-state index contributed by atoms with van der Waals surface area (Å²) in [6.07, 6.45) is 2.18. The summed E-state index contributed by atoms with van der Waals surface area (Å²) < 4.78 is 23.6. The van der Waals surface area contributed by atoms with E-state index in [2.05, 4.69) is 12.2 Å². The quantitative estimate of drug-likeness (QED) is 0.554. The molecule has 18 heavy (non-hydrogen) atoms. The lowest BCUT2D eigenvalue weighted by atomic mass is 10.2. The third-order valence-electron chi connectivity index (χ3n) is 2.53. The SMILES string of the molecule is CCCCOCCNc1cc(OC)c(F)cc1N. The van der Waals surface area contributed by atoms with Crippen molar-refractivity contribution in [2.24, 2.45) is 0 Å². The fraction of sp³-hybridized carbons (Fsp3) is 0.538. The predicted octanol–water partition coefficient (Wildman–Crippen LogP) is 2.65. The summed E-state index contributed by atoms with van der Waals surface area (Å²) in [6.45, 7) is 4.11. The molecule has 0 saturated carbocycles. The van der Waals surface area contributed by atoms with Crippen LogP contribution in [0.25, 0.3) is 0 Å². The molecule has 0 bridgehead atoms. The number of nitrogens with two attached hydrogens (primary N) is 1. The Morgan fingerprint density at radius 1 is 1.33 bits per heavy atom. The molecule has 0 atom stereocenters. The minimum absolute atomic E-state index is 0.179. The standard InChI is InChI=1S/C13H21FN2O2/c1-3-4-6-18-7-5-16-12-9-13(17-2)10(14)8-11(12)15/h8-9,16H,3-7,15H2,1-2H3. The number of hydrogen-bond acceptors (Lipinski definition) is 4. The van der Waals surface area contributed by atoms with Crippen molar-refractivity contribution in [3.05, 3.63) is 17.9 Å². The monoisotopic (exact) mass is 256 g/mol. The molecule has 0 aliphatic rings. The van der Waals surface area contributed by atoms with Crippen LogP contribution in [0, 0.1) is 5.82 Å². The van der Waals surface area contributed by atoms with Gasteiger partial charge in [-0.05, 0) is 6.42 Å². The van der Waals surface area contributed by atoms with Crippen molar-refractivity contribution in [1.82, 2.24) is 0 Å². The van der Waals surface area contributed by atoms with Crippen LogP contribution in [0.1, 0.15) is 19.8 Å². The minimum atomic E-state index is -0.459. The van der Waals surface area contributed by atoms with E-state index >= 15 is 0 Å². The average molecular weight is 256 g/mol. The Labute approximate surface area is 107 Å². The van der Waals surface area contributed by atoms with Gasteiger partial charge >= 0.3 is 0 Å². The van der Waals surface area contributed by atoms with E-state index in [0.717, 1.165) is 19.4 Å². The van der Waals surface area contributed by atoms with Gasteiger partial charge < -0.3 is 20.5 Å². The molecule has 102 valence electrons. The number of ether oxygens (including phenoxy) is 2. The maximum Gasteiger partial charge on any atom is 0.167 e. The first kappa shape index (κ1) is 14.6. The van der Waals surface area contributed by atoms with Gasteiger partial charge in [0.25, 0.3) is 0 Å². The maximum absolute atomic E-state index is 13.3. The fourth-order valence-electron chi connectivity index (χ4n) is 1.48. The number of hydrogen-bond donors (Lipinski definition) is 2. The van der Waals surface area contributed by atoms with Crippen molar-refractivity contribution >= 4 is 11.4 Å². The highest BCUT2D eigenvalue weighted by molar-refractivity contribution is 5.68. The van der Waals surface area contributed by atoms with Gasteiger partial charge in [-0.2, -0.15) is 0 Å². The zero-order valence-electron chi connectivity index (χ0n) is 11.0. The van der Waals surface area contributed by atoms with Gasteiger partial charge in [0.1, 0.15) is 0 Å². The second kappa shape index (κ2) is 7.76. The van der Waals surface area contributed by atoms with Gasteiger partial charge in [-0.15, -0.1) is 0 Å². The Kier molecular flexibility index (Phi) is 6.28. The Bertz CT molecular complexity index is 372. The van der Waals surface area contributed by atoms with Gasteiger partial charge in [-0.3, -0.25) is 0 Å². The average Bonchev–Trinajstić information content (AvgIpc) is 2.36. The smallest absolute Gasteiger partial charge is 0.167 e. The number of methoxy groups -OCH3 is 1. The zero-order chi connectivity index (χ0) is 13.4. The molecule has 0 spiro atoms. The maximum atomic E-state index is 13.3. The van der Waals surface area contributed by atoms with Gasteiger partial charge in [0.05, 0.1) is 25.1 Å². The van der Waals surface area contributed by atoms with Crippen LogP contribution in [0.15, 0.2) is 12.1 Å². The van der Waals surface area contributed by atoms with E-state index in [-0.39, 0.29) is 5.75 Å².